The van der Waals surface area contributed by atoms with Crippen molar-refractivity contribution in [3.8, 4) is 22.8 Å². The topological polar surface area (TPSA) is 69.0 Å². The quantitative estimate of drug-likeness (QED) is 0.323. The number of carbonyl (C=O) groups is 1. The number of nitrogens with zero attached hydrogens (tertiary/aromatic N) is 3. The number of rotatable bonds is 9. The fraction of sp³-hybridized carbons (Fsp3) is 0.160. The van der Waals surface area contributed by atoms with Crippen molar-refractivity contribution in [3.05, 3.63) is 89.2 Å². The zero-order valence-electron chi connectivity index (χ0n) is 18.4. The lowest BCUT2D eigenvalue weighted by atomic mass is 10.1. The Morgan fingerprint density at radius 3 is 2.53 bits per heavy atom. The second-order valence-electron chi connectivity index (χ2n) is 7.31. The number of para-hydroxylation sites is 1. The molecular formula is C25H22ClFN4O2S. The van der Waals surface area contributed by atoms with E-state index in [2.05, 4.69) is 15.5 Å². The van der Waals surface area contributed by atoms with E-state index in [0.29, 0.717) is 34.5 Å². The molecule has 34 heavy (non-hydrogen) atoms. The Hall–Kier alpha value is -3.36. The maximum absolute atomic E-state index is 14.7. The fourth-order valence-corrected chi connectivity index (χ4v) is 4.35. The van der Waals surface area contributed by atoms with Gasteiger partial charge >= 0.3 is 0 Å². The second kappa shape index (κ2) is 11.2. The van der Waals surface area contributed by atoms with E-state index in [1.807, 2.05) is 36.4 Å². The fourth-order valence-electron chi connectivity index (χ4n) is 3.35. The van der Waals surface area contributed by atoms with E-state index >= 15 is 0 Å². The van der Waals surface area contributed by atoms with E-state index in [1.165, 1.54) is 17.8 Å². The van der Waals surface area contributed by atoms with Crippen LogP contribution in [0.25, 0.3) is 17.1 Å². The number of nitrogens with one attached hydrogen (secondary N) is 1. The number of amides is 1. The maximum Gasteiger partial charge on any atom is 0.230 e. The minimum Gasteiger partial charge on any atom is -0.497 e. The summed E-state index contributed by atoms with van der Waals surface area (Å²) in [5, 5.41) is 12.3. The van der Waals surface area contributed by atoms with Gasteiger partial charge in [0, 0.05) is 12.1 Å². The number of hydrogen-bond donors (Lipinski definition) is 1. The van der Waals surface area contributed by atoms with Gasteiger partial charge in [-0.1, -0.05) is 59.8 Å². The van der Waals surface area contributed by atoms with Gasteiger partial charge in [0.1, 0.15) is 11.6 Å². The van der Waals surface area contributed by atoms with Crippen LogP contribution in [0.5, 0.6) is 5.75 Å². The van der Waals surface area contributed by atoms with Crippen LogP contribution in [0.3, 0.4) is 0 Å². The van der Waals surface area contributed by atoms with Crippen LogP contribution in [0.15, 0.2) is 78.0 Å². The molecule has 1 heterocycles. The molecule has 0 radical (unpaired) electrons. The van der Waals surface area contributed by atoms with Crippen LogP contribution < -0.4 is 10.1 Å². The second-order valence-corrected chi connectivity index (χ2v) is 8.66. The van der Waals surface area contributed by atoms with Gasteiger partial charge in [0.2, 0.25) is 5.91 Å². The maximum atomic E-state index is 14.7. The minimum absolute atomic E-state index is 0.109. The summed E-state index contributed by atoms with van der Waals surface area (Å²) in [6.07, 6.45) is 0.697. The van der Waals surface area contributed by atoms with Crippen LogP contribution in [0.2, 0.25) is 5.02 Å². The van der Waals surface area contributed by atoms with Gasteiger partial charge in [-0.3, -0.25) is 9.36 Å². The summed E-state index contributed by atoms with van der Waals surface area (Å²) < 4.78 is 21.4. The van der Waals surface area contributed by atoms with E-state index in [-0.39, 0.29) is 17.3 Å². The van der Waals surface area contributed by atoms with E-state index in [9.17, 15) is 9.18 Å². The van der Waals surface area contributed by atoms with E-state index in [0.717, 1.165) is 11.3 Å². The molecule has 0 bridgehead atoms. The van der Waals surface area contributed by atoms with Gasteiger partial charge in [0.25, 0.3) is 0 Å². The third kappa shape index (κ3) is 5.58. The first-order chi connectivity index (χ1) is 16.6. The van der Waals surface area contributed by atoms with Gasteiger partial charge in [-0.15, -0.1) is 10.2 Å². The number of methoxy groups -OCH3 is 1. The largest absolute Gasteiger partial charge is 0.497 e. The highest BCUT2D eigenvalue weighted by molar-refractivity contribution is 7.99. The number of halogens is 2. The molecule has 0 spiro atoms. The first kappa shape index (κ1) is 23.8. The molecule has 0 saturated carbocycles. The number of aromatic nitrogens is 3. The average molecular weight is 497 g/mol. The van der Waals surface area contributed by atoms with Crippen molar-refractivity contribution in [1.29, 1.82) is 0 Å². The third-order valence-corrected chi connectivity index (χ3v) is 6.33. The van der Waals surface area contributed by atoms with Crippen molar-refractivity contribution in [3.63, 3.8) is 0 Å². The average Bonchev–Trinajstić information content (AvgIpc) is 3.27. The summed E-state index contributed by atoms with van der Waals surface area (Å²) in [5.74, 6) is 0.720. The molecule has 1 aromatic heterocycles. The molecule has 0 atom stereocenters. The van der Waals surface area contributed by atoms with E-state index < -0.39 is 5.82 Å². The van der Waals surface area contributed by atoms with Crippen molar-refractivity contribution < 1.29 is 13.9 Å². The predicted molar refractivity (Wildman–Crippen MR) is 132 cm³/mol. The molecule has 3 aromatic carbocycles. The van der Waals surface area contributed by atoms with Crippen molar-refractivity contribution >= 4 is 29.3 Å². The van der Waals surface area contributed by atoms with Gasteiger partial charge in [0.05, 0.1) is 23.6 Å². The number of hydrogen-bond acceptors (Lipinski definition) is 5. The molecule has 6 nitrogen and oxygen atoms in total. The molecule has 1 N–H and O–H groups in total. The summed E-state index contributed by atoms with van der Waals surface area (Å²) >= 11 is 7.55. The Morgan fingerprint density at radius 1 is 1.06 bits per heavy atom. The van der Waals surface area contributed by atoms with E-state index in [4.69, 9.17) is 16.3 Å². The molecule has 174 valence electrons. The Bertz CT molecular complexity index is 1280. The van der Waals surface area contributed by atoms with Crippen LogP contribution in [0, 0.1) is 5.82 Å². The lowest BCUT2D eigenvalue weighted by Crippen LogP contribution is -2.27. The Labute approximate surface area is 206 Å². The highest BCUT2D eigenvalue weighted by Gasteiger charge is 2.20. The first-order valence-electron chi connectivity index (χ1n) is 10.5. The normalized spacial score (nSPS) is 10.8. The number of thioether (sulfide) groups is 1. The van der Waals surface area contributed by atoms with Gasteiger partial charge in [0.15, 0.2) is 11.0 Å². The summed E-state index contributed by atoms with van der Waals surface area (Å²) in [7, 11) is 1.62. The van der Waals surface area contributed by atoms with Crippen LogP contribution in [-0.2, 0) is 11.2 Å². The van der Waals surface area contributed by atoms with Crippen LogP contribution in [-0.4, -0.2) is 40.1 Å². The zero-order valence-corrected chi connectivity index (χ0v) is 19.9. The number of carbonyl (C=O) groups excluding carboxylic acids is 1. The Morgan fingerprint density at radius 2 is 1.79 bits per heavy atom. The SMILES string of the molecule is COc1ccc(CCNC(=O)CSc2nnc(-c3ccccc3Cl)n2-c2ccccc2F)cc1. The molecule has 9 heteroatoms. The Kier molecular flexibility index (Phi) is 7.82. The smallest absolute Gasteiger partial charge is 0.230 e. The standard InChI is InChI=1S/C25H22ClFN4O2S/c1-33-18-12-10-17(11-13-18)14-15-28-23(32)16-34-25-30-29-24(19-6-2-3-7-20(19)26)31(25)22-9-5-4-8-21(22)27/h2-13H,14-16H2,1H3,(H,28,32). The van der Waals surface area contributed by atoms with Crippen LogP contribution >= 0.6 is 23.4 Å². The zero-order chi connectivity index (χ0) is 23.9. The molecule has 1 amide bonds. The molecular weight excluding hydrogens is 475 g/mol. The molecule has 0 aliphatic carbocycles. The van der Waals surface area contributed by atoms with Gasteiger partial charge in [-0.05, 0) is 48.4 Å². The Balaban J connectivity index is 1.47. The van der Waals surface area contributed by atoms with Gasteiger partial charge < -0.3 is 10.1 Å². The molecule has 4 aromatic rings. The molecule has 0 aliphatic heterocycles. The van der Waals surface area contributed by atoms with E-state index in [1.54, 1.807) is 42.0 Å². The summed E-state index contributed by atoms with van der Waals surface area (Å²) in [6.45, 7) is 0.497. The van der Waals surface area contributed by atoms with Crippen molar-refractivity contribution in [2.45, 2.75) is 11.6 Å². The van der Waals surface area contributed by atoms with Crippen LogP contribution in [0.1, 0.15) is 5.56 Å². The third-order valence-electron chi connectivity index (χ3n) is 5.07. The summed E-state index contributed by atoms with van der Waals surface area (Å²) in [5.41, 5.74) is 2.00. The van der Waals surface area contributed by atoms with Crippen molar-refractivity contribution in [1.82, 2.24) is 20.1 Å². The highest BCUT2D eigenvalue weighted by atomic mass is 35.5. The lowest BCUT2D eigenvalue weighted by molar-refractivity contribution is -0.118. The predicted octanol–water partition coefficient (Wildman–Crippen LogP) is 5.19. The summed E-state index contributed by atoms with van der Waals surface area (Å²) in [6, 6.07) is 21.2. The van der Waals surface area contributed by atoms with Crippen molar-refractivity contribution in [2.24, 2.45) is 0 Å². The molecule has 0 aliphatic rings. The minimum atomic E-state index is -0.429. The van der Waals surface area contributed by atoms with Crippen molar-refractivity contribution in [2.75, 3.05) is 19.4 Å². The molecule has 4 rings (SSSR count). The lowest BCUT2D eigenvalue weighted by Gasteiger charge is -2.12. The molecule has 0 saturated heterocycles. The monoisotopic (exact) mass is 496 g/mol. The number of benzene rings is 3. The first-order valence-corrected chi connectivity index (χ1v) is 11.9. The number of ether oxygens (including phenoxy) is 1. The molecule has 0 unspecified atom stereocenters. The highest BCUT2D eigenvalue weighted by Crippen LogP contribution is 2.32. The van der Waals surface area contributed by atoms with Gasteiger partial charge in [-0.2, -0.15) is 0 Å². The van der Waals surface area contributed by atoms with Gasteiger partial charge in [-0.25, -0.2) is 4.39 Å². The molecule has 0 fully saturated rings. The summed E-state index contributed by atoms with van der Waals surface area (Å²) in [4.78, 5) is 12.4. The van der Waals surface area contributed by atoms with Crippen LogP contribution in [0.4, 0.5) is 4.39 Å².